The molecule has 104 valence electrons. The summed E-state index contributed by atoms with van der Waals surface area (Å²) in [5.41, 5.74) is 2.06. The minimum absolute atomic E-state index is 0.560. The van der Waals surface area contributed by atoms with E-state index >= 15 is 0 Å². The molecule has 2 nitrogen and oxygen atoms in total. The van der Waals surface area contributed by atoms with Gasteiger partial charge in [-0.3, -0.25) is 4.79 Å². The number of benzene rings is 2. The Morgan fingerprint density at radius 2 is 1.95 bits per heavy atom. The second kappa shape index (κ2) is 7.15. The molecule has 0 saturated heterocycles. The van der Waals surface area contributed by atoms with Gasteiger partial charge in [0.25, 0.3) is 0 Å². The van der Waals surface area contributed by atoms with Crippen LogP contribution in [0, 0.1) is 6.92 Å². The third-order valence-corrected chi connectivity index (χ3v) is 3.78. The number of rotatable bonds is 6. The number of carbonyl (C=O) groups excluding carboxylic acids is 1. The quantitative estimate of drug-likeness (QED) is 0.580. The van der Waals surface area contributed by atoms with Crippen molar-refractivity contribution in [3.63, 3.8) is 0 Å². The van der Waals surface area contributed by atoms with Crippen LogP contribution in [0.3, 0.4) is 0 Å². The Morgan fingerprint density at radius 1 is 1.20 bits per heavy atom. The zero-order chi connectivity index (χ0) is 14.4. The van der Waals surface area contributed by atoms with Gasteiger partial charge in [-0.25, -0.2) is 0 Å². The number of hydrogen-bond donors (Lipinski definition) is 0. The second-order valence-corrected chi connectivity index (χ2v) is 5.83. The Morgan fingerprint density at radius 3 is 2.60 bits per heavy atom. The van der Waals surface area contributed by atoms with E-state index in [1.165, 1.54) is 5.56 Å². The van der Waals surface area contributed by atoms with E-state index in [0.717, 1.165) is 22.5 Å². The van der Waals surface area contributed by atoms with Crippen molar-refractivity contribution >= 4 is 18.0 Å². The minimum atomic E-state index is -0.560. The zero-order valence-corrected chi connectivity index (χ0v) is 12.5. The Bertz CT molecular complexity index is 563. The summed E-state index contributed by atoms with van der Waals surface area (Å²) >= 11 is 1.75. The summed E-state index contributed by atoms with van der Waals surface area (Å²) in [6.07, 6.45) is 0.283. The maximum Gasteiger partial charge on any atom is 0.179 e. The topological polar surface area (TPSA) is 26.3 Å². The SMILES string of the molecule is CCSc1cccc(C(C=O)Oc2ccc(C)cc2)c1. The van der Waals surface area contributed by atoms with Crippen molar-refractivity contribution in [2.45, 2.75) is 24.8 Å². The molecule has 0 aliphatic carbocycles. The molecular formula is C17H18O2S. The van der Waals surface area contributed by atoms with Gasteiger partial charge in [0.05, 0.1) is 0 Å². The lowest BCUT2D eigenvalue weighted by molar-refractivity contribution is -0.113. The van der Waals surface area contributed by atoms with E-state index in [2.05, 4.69) is 6.92 Å². The summed E-state index contributed by atoms with van der Waals surface area (Å²) in [4.78, 5) is 12.5. The Balaban J connectivity index is 2.17. The van der Waals surface area contributed by atoms with E-state index in [1.54, 1.807) is 11.8 Å². The van der Waals surface area contributed by atoms with Gasteiger partial charge in [-0.05, 0) is 36.9 Å². The highest BCUT2D eigenvalue weighted by Crippen LogP contribution is 2.25. The molecule has 0 N–H and O–H groups in total. The molecule has 0 amide bonds. The molecule has 0 aromatic heterocycles. The van der Waals surface area contributed by atoms with Crippen LogP contribution in [0.5, 0.6) is 5.75 Å². The third-order valence-electron chi connectivity index (χ3n) is 2.91. The predicted octanol–water partition coefficient (Wildman–Crippen LogP) is 4.43. The highest BCUT2D eigenvalue weighted by molar-refractivity contribution is 7.99. The normalized spacial score (nSPS) is 11.9. The second-order valence-electron chi connectivity index (χ2n) is 4.49. The van der Waals surface area contributed by atoms with Crippen molar-refractivity contribution in [1.29, 1.82) is 0 Å². The fourth-order valence-corrected chi connectivity index (χ4v) is 2.61. The fraction of sp³-hybridized carbons (Fsp3) is 0.235. The predicted molar refractivity (Wildman–Crippen MR) is 83.5 cm³/mol. The highest BCUT2D eigenvalue weighted by Gasteiger charge is 2.12. The molecule has 0 radical (unpaired) electrons. The van der Waals surface area contributed by atoms with Crippen molar-refractivity contribution in [2.24, 2.45) is 0 Å². The van der Waals surface area contributed by atoms with Crippen LogP contribution in [0.15, 0.2) is 53.4 Å². The lowest BCUT2D eigenvalue weighted by Crippen LogP contribution is -2.09. The number of ether oxygens (including phenoxy) is 1. The summed E-state index contributed by atoms with van der Waals surface area (Å²) < 4.78 is 5.76. The van der Waals surface area contributed by atoms with Gasteiger partial charge in [-0.2, -0.15) is 0 Å². The van der Waals surface area contributed by atoms with E-state index in [1.807, 2.05) is 55.5 Å². The molecule has 0 fully saturated rings. The van der Waals surface area contributed by atoms with Crippen LogP contribution in [-0.4, -0.2) is 12.0 Å². The number of aldehydes is 1. The minimum Gasteiger partial charge on any atom is -0.478 e. The highest BCUT2D eigenvalue weighted by atomic mass is 32.2. The molecule has 20 heavy (non-hydrogen) atoms. The molecular weight excluding hydrogens is 268 g/mol. The van der Waals surface area contributed by atoms with Crippen LogP contribution >= 0.6 is 11.8 Å². The first-order valence-electron chi connectivity index (χ1n) is 6.64. The Labute approximate surface area is 124 Å². The Kier molecular flexibility index (Phi) is 5.24. The molecule has 1 unspecified atom stereocenters. The number of aryl methyl sites for hydroxylation is 1. The lowest BCUT2D eigenvalue weighted by atomic mass is 10.1. The smallest absolute Gasteiger partial charge is 0.179 e. The first-order chi connectivity index (χ1) is 9.72. The molecule has 1 atom stereocenters. The molecule has 3 heteroatoms. The van der Waals surface area contributed by atoms with E-state index in [4.69, 9.17) is 4.74 Å². The van der Waals surface area contributed by atoms with Crippen LogP contribution in [0.1, 0.15) is 24.2 Å². The molecule has 0 spiro atoms. The van der Waals surface area contributed by atoms with Gasteiger partial charge < -0.3 is 4.74 Å². The molecule has 0 bridgehead atoms. The molecule has 0 saturated carbocycles. The van der Waals surface area contributed by atoms with E-state index < -0.39 is 6.10 Å². The summed E-state index contributed by atoms with van der Waals surface area (Å²) in [6, 6.07) is 15.7. The molecule has 2 aromatic carbocycles. The maximum atomic E-state index is 11.3. The van der Waals surface area contributed by atoms with Gasteiger partial charge >= 0.3 is 0 Å². The number of hydrogen-bond acceptors (Lipinski definition) is 3. The average Bonchev–Trinajstić information content (AvgIpc) is 2.47. The van der Waals surface area contributed by atoms with Crippen molar-refractivity contribution < 1.29 is 9.53 Å². The largest absolute Gasteiger partial charge is 0.478 e. The molecule has 0 heterocycles. The molecule has 2 rings (SSSR count). The summed E-state index contributed by atoms with van der Waals surface area (Å²) in [5, 5.41) is 0. The average molecular weight is 286 g/mol. The van der Waals surface area contributed by atoms with Crippen molar-refractivity contribution in [3.05, 3.63) is 59.7 Å². The van der Waals surface area contributed by atoms with E-state index in [-0.39, 0.29) is 0 Å². The van der Waals surface area contributed by atoms with Gasteiger partial charge in [-0.1, -0.05) is 36.8 Å². The summed E-state index contributed by atoms with van der Waals surface area (Å²) in [7, 11) is 0. The van der Waals surface area contributed by atoms with Crippen LogP contribution < -0.4 is 4.74 Å². The van der Waals surface area contributed by atoms with Crippen LogP contribution in [0.25, 0.3) is 0 Å². The zero-order valence-electron chi connectivity index (χ0n) is 11.7. The Hall–Kier alpha value is -1.74. The summed E-state index contributed by atoms with van der Waals surface area (Å²) in [5.74, 6) is 1.72. The number of thioether (sulfide) groups is 1. The van der Waals surface area contributed by atoms with Crippen molar-refractivity contribution in [1.82, 2.24) is 0 Å². The lowest BCUT2D eigenvalue weighted by Gasteiger charge is -2.15. The van der Waals surface area contributed by atoms with Gasteiger partial charge in [0.15, 0.2) is 12.4 Å². The van der Waals surface area contributed by atoms with Gasteiger partial charge in [0.1, 0.15) is 5.75 Å². The fourth-order valence-electron chi connectivity index (χ4n) is 1.89. The standard InChI is InChI=1S/C17H18O2S/c1-3-20-16-6-4-5-14(11-16)17(12-18)19-15-9-7-13(2)8-10-15/h4-12,17H,3H2,1-2H3. The first-order valence-corrected chi connectivity index (χ1v) is 7.63. The van der Waals surface area contributed by atoms with Crippen LogP contribution in [-0.2, 0) is 4.79 Å². The monoisotopic (exact) mass is 286 g/mol. The third kappa shape index (κ3) is 3.87. The maximum absolute atomic E-state index is 11.3. The first kappa shape index (κ1) is 14.7. The molecule has 2 aromatic rings. The number of carbonyl (C=O) groups is 1. The van der Waals surface area contributed by atoms with Crippen LogP contribution in [0.4, 0.5) is 0 Å². The molecule has 0 aliphatic heterocycles. The van der Waals surface area contributed by atoms with Crippen LogP contribution in [0.2, 0.25) is 0 Å². The summed E-state index contributed by atoms with van der Waals surface area (Å²) in [6.45, 7) is 4.13. The molecule has 0 aliphatic rings. The van der Waals surface area contributed by atoms with E-state index in [9.17, 15) is 4.79 Å². The van der Waals surface area contributed by atoms with E-state index in [0.29, 0.717) is 5.75 Å². The van der Waals surface area contributed by atoms with Gasteiger partial charge in [0, 0.05) is 10.5 Å². The van der Waals surface area contributed by atoms with Crippen molar-refractivity contribution in [3.8, 4) is 5.75 Å². The van der Waals surface area contributed by atoms with Gasteiger partial charge in [0.2, 0.25) is 0 Å². The van der Waals surface area contributed by atoms with Crippen molar-refractivity contribution in [2.75, 3.05) is 5.75 Å². The van der Waals surface area contributed by atoms with Gasteiger partial charge in [-0.15, -0.1) is 11.8 Å².